The summed E-state index contributed by atoms with van der Waals surface area (Å²) in [6.07, 6.45) is 0.952. The van der Waals surface area contributed by atoms with Crippen molar-refractivity contribution in [3.05, 3.63) is 81.9 Å². The third kappa shape index (κ3) is 5.21. The summed E-state index contributed by atoms with van der Waals surface area (Å²) in [6, 6.07) is 13.5. The zero-order valence-electron chi connectivity index (χ0n) is 19.0. The van der Waals surface area contributed by atoms with Crippen molar-refractivity contribution < 1.29 is 18.7 Å². The summed E-state index contributed by atoms with van der Waals surface area (Å²) in [5.74, 6) is -0.717. The van der Waals surface area contributed by atoms with Gasteiger partial charge >= 0.3 is 0 Å². The van der Waals surface area contributed by atoms with Crippen molar-refractivity contribution in [2.24, 2.45) is 5.92 Å². The predicted octanol–water partition coefficient (Wildman–Crippen LogP) is 3.51. The van der Waals surface area contributed by atoms with E-state index < -0.39 is 0 Å². The summed E-state index contributed by atoms with van der Waals surface area (Å²) in [6.45, 7) is 1.99. The molecule has 2 aromatic carbocycles. The second-order valence-corrected chi connectivity index (χ2v) is 9.27. The Morgan fingerprint density at radius 2 is 1.80 bits per heavy atom. The van der Waals surface area contributed by atoms with Gasteiger partial charge in [-0.3, -0.25) is 9.59 Å². The molecule has 1 atom stereocenters. The van der Waals surface area contributed by atoms with Crippen LogP contribution in [0.5, 0.6) is 0 Å². The second kappa shape index (κ2) is 10.1. The molecule has 2 amide bonds. The van der Waals surface area contributed by atoms with Crippen molar-refractivity contribution >= 4 is 23.4 Å². The van der Waals surface area contributed by atoms with E-state index in [2.05, 4.69) is 15.6 Å². The molecular formula is C25H25ClFN5O3. The molecule has 5 rings (SSSR count). The Morgan fingerprint density at radius 3 is 2.51 bits per heavy atom. The highest BCUT2D eigenvalue weighted by atomic mass is 35.5. The number of hydrogen-bond donors (Lipinski definition) is 1. The summed E-state index contributed by atoms with van der Waals surface area (Å²) in [4.78, 5) is 27.4. The number of fused-ring (bicyclic) bond motifs is 1. The Hall–Kier alpha value is -3.30. The van der Waals surface area contributed by atoms with Crippen LogP contribution in [0.25, 0.3) is 0 Å². The molecule has 2 aliphatic rings. The van der Waals surface area contributed by atoms with Crippen LogP contribution in [0, 0.1) is 11.7 Å². The summed E-state index contributed by atoms with van der Waals surface area (Å²) >= 11 is 5.97. The number of aromatic nitrogens is 3. The van der Waals surface area contributed by atoms with Gasteiger partial charge in [-0.25, -0.2) is 9.07 Å². The molecule has 182 valence electrons. The third-order valence-electron chi connectivity index (χ3n) is 6.57. The number of piperidine rings is 1. The molecular weight excluding hydrogens is 473 g/mol. The number of nitrogens with zero attached hydrogens (tertiary/aromatic N) is 4. The minimum atomic E-state index is -0.306. The van der Waals surface area contributed by atoms with Gasteiger partial charge in [0.1, 0.15) is 11.9 Å². The number of hydrogen-bond acceptors (Lipinski definition) is 5. The van der Waals surface area contributed by atoms with Crippen LogP contribution in [-0.2, 0) is 29.2 Å². The summed E-state index contributed by atoms with van der Waals surface area (Å²) in [5.41, 5.74) is 2.80. The van der Waals surface area contributed by atoms with E-state index in [-0.39, 0.29) is 36.3 Å². The minimum absolute atomic E-state index is 0.0518. The molecule has 0 aliphatic carbocycles. The molecule has 1 fully saturated rings. The Bertz CT molecular complexity index is 1210. The second-order valence-electron chi connectivity index (χ2n) is 8.83. The number of nitrogens with one attached hydrogen (secondary N) is 1. The maximum absolute atomic E-state index is 13.1. The van der Waals surface area contributed by atoms with Crippen molar-refractivity contribution in [1.29, 1.82) is 0 Å². The van der Waals surface area contributed by atoms with E-state index >= 15 is 0 Å². The summed E-state index contributed by atoms with van der Waals surface area (Å²) < 4.78 is 20.8. The van der Waals surface area contributed by atoms with Gasteiger partial charge in [-0.15, -0.1) is 5.10 Å². The van der Waals surface area contributed by atoms with Gasteiger partial charge in [0.2, 0.25) is 5.91 Å². The fourth-order valence-corrected chi connectivity index (χ4v) is 4.61. The standard InChI is InChI=1S/C25H25ClFN5O3/c26-19-5-3-17(4-6-19)22-14-32-21(15-35-22)23(29-30-32)25(34)31-11-9-18(10-12-31)24(33)28-13-16-1-7-20(27)8-2-16/h1-8,18,22H,9-15H2,(H,28,33)/t22-/m1/s1. The predicted molar refractivity (Wildman–Crippen MR) is 126 cm³/mol. The highest BCUT2D eigenvalue weighted by Crippen LogP contribution is 2.29. The molecule has 0 saturated carbocycles. The van der Waals surface area contributed by atoms with Gasteiger partial charge in [0, 0.05) is 30.6 Å². The lowest BCUT2D eigenvalue weighted by Gasteiger charge is -2.31. The van der Waals surface area contributed by atoms with E-state index in [1.54, 1.807) is 21.7 Å². The van der Waals surface area contributed by atoms with Gasteiger partial charge in [0.25, 0.3) is 5.91 Å². The fraction of sp³-hybridized carbons (Fsp3) is 0.360. The van der Waals surface area contributed by atoms with Crippen LogP contribution >= 0.6 is 11.6 Å². The monoisotopic (exact) mass is 497 g/mol. The van der Waals surface area contributed by atoms with Gasteiger partial charge in [0.05, 0.1) is 18.8 Å². The molecule has 0 spiro atoms. The normalized spacial score (nSPS) is 18.2. The maximum atomic E-state index is 13.1. The number of likely N-dealkylation sites (tertiary alicyclic amines) is 1. The first kappa shape index (κ1) is 23.4. The highest BCUT2D eigenvalue weighted by Gasteiger charge is 2.33. The van der Waals surface area contributed by atoms with E-state index in [1.807, 2.05) is 24.3 Å². The molecule has 3 aromatic rings. The molecule has 0 unspecified atom stereocenters. The number of carbonyl (C=O) groups excluding carboxylic acids is 2. The number of halogens is 2. The number of rotatable bonds is 5. The van der Waals surface area contributed by atoms with E-state index in [1.165, 1.54) is 12.1 Å². The number of amides is 2. The fourth-order valence-electron chi connectivity index (χ4n) is 4.49. The molecule has 2 aliphatic heterocycles. The van der Waals surface area contributed by atoms with E-state index in [9.17, 15) is 14.0 Å². The maximum Gasteiger partial charge on any atom is 0.276 e. The van der Waals surface area contributed by atoms with Crippen LogP contribution in [0.3, 0.4) is 0 Å². The Labute approximate surface area is 207 Å². The summed E-state index contributed by atoms with van der Waals surface area (Å²) in [7, 11) is 0. The summed E-state index contributed by atoms with van der Waals surface area (Å²) in [5, 5.41) is 11.9. The van der Waals surface area contributed by atoms with Crippen LogP contribution in [0.15, 0.2) is 48.5 Å². The van der Waals surface area contributed by atoms with Gasteiger partial charge < -0.3 is 15.0 Å². The highest BCUT2D eigenvalue weighted by molar-refractivity contribution is 6.30. The number of benzene rings is 2. The first-order valence-electron chi connectivity index (χ1n) is 11.6. The lowest BCUT2D eigenvalue weighted by molar-refractivity contribution is -0.126. The molecule has 35 heavy (non-hydrogen) atoms. The molecule has 1 N–H and O–H groups in total. The van der Waals surface area contributed by atoms with Crippen molar-refractivity contribution in [3.8, 4) is 0 Å². The van der Waals surface area contributed by atoms with Crippen LogP contribution in [0.2, 0.25) is 5.02 Å². The largest absolute Gasteiger partial charge is 0.365 e. The molecule has 3 heterocycles. The van der Waals surface area contributed by atoms with Gasteiger partial charge in [-0.1, -0.05) is 41.1 Å². The van der Waals surface area contributed by atoms with Crippen LogP contribution in [0.1, 0.15) is 46.3 Å². The third-order valence-corrected chi connectivity index (χ3v) is 6.83. The number of carbonyl (C=O) groups is 2. The Kier molecular flexibility index (Phi) is 6.79. The molecule has 10 heteroatoms. The van der Waals surface area contributed by atoms with Gasteiger partial charge in [0.15, 0.2) is 5.69 Å². The first-order valence-corrected chi connectivity index (χ1v) is 12.0. The van der Waals surface area contributed by atoms with Crippen molar-refractivity contribution in [2.75, 3.05) is 13.1 Å². The van der Waals surface area contributed by atoms with Crippen molar-refractivity contribution in [2.45, 2.75) is 38.6 Å². The topological polar surface area (TPSA) is 89.4 Å². The van der Waals surface area contributed by atoms with E-state index in [0.717, 1.165) is 11.1 Å². The molecule has 1 aromatic heterocycles. The van der Waals surface area contributed by atoms with E-state index in [0.29, 0.717) is 55.4 Å². The van der Waals surface area contributed by atoms with Crippen LogP contribution in [0.4, 0.5) is 4.39 Å². The SMILES string of the molecule is O=C(NCc1ccc(F)cc1)C1CCN(C(=O)c2nnn3c2CO[C@@H](c2ccc(Cl)cc2)C3)CC1. The van der Waals surface area contributed by atoms with Crippen LogP contribution < -0.4 is 5.32 Å². The number of ether oxygens (including phenoxy) is 1. The zero-order chi connectivity index (χ0) is 24.4. The minimum Gasteiger partial charge on any atom is -0.365 e. The molecule has 0 radical (unpaired) electrons. The quantitative estimate of drug-likeness (QED) is 0.582. The zero-order valence-corrected chi connectivity index (χ0v) is 19.7. The lowest BCUT2D eigenvalue weighted by Crippen LogP contribution is -2.43. The average molecular weight is 498 g/mol. The van der Waals surface area contributed by atoms with Crippen molar-refractivity contribution in [3.63, 3.8) is 0 Å². The van der Waals surface area contributed by atoms with E-state index in [4.69, 9.17) is 16.3 Å². The van der Waals surface area contributed by atoms with Gasteiger partial charge in [-0.05, 0) is 48.2 Å². The lowest BCUT2D eigenvalue weighted by atomic mass is 9.95. The first-order chi connectivity index (χ1) is 17.0. The molecule has 8 nitrogen and oxygen atoms in total. The Morgan fingerprint density at radius 1 is 1.09 bits per heavy atom. The molecule has 0 bridgehead atoms. The van der Waals surface area contributed by atoms with Crippen LogP contribution in [-0.4, -0.2) is 44.8 Å². The Balaban J connectivity index is 1.15. The van der Waals surface area contributed by atoms with Crippen molar-refractivity contribution in [1.82, 2.24) is 25.2 Å². The smallest absolute Gasteiger partial charge is 0.276 e. The average Bonchev–Trinajstić information content (AvgIpc) is 3.31. The molecule has 1 saturated heterocycles. The van der Waals surface area contributed by atoms with Gasteiger partial charge in [-0.2, -0.15) is 0 Å².